The van der Waals surface area contributed by atoms with Crippen molar-refractivity contribution in [2.24, 2.45) is 0 Å². The number of rotatable bonds is 3. The van der Waals surface area contributed by atoms with Crippen LogP contribution in [0.2, 0.25) is 0 Å². The minimum Gasteiger partial charge on any atom is -0.269 e. The highest BCUT2D eigenvalue weighted by molar-refractivity contribution is 7.87. The topological polar surface area (TPSA) is 122 Å². The highest BCUT2D eigenvalue weighted by atomic mass is 32.2. The van der Waals surface area contributed by atoms with Crippen LogP contribution < -0.4 is 4.72 Å². The van der Waals surface area contributed by atoms with Gasteiger partial charge in [0.05, 0.1) is 15.1 Å². The predicted octanol–water partition coefficient (Wildman–Crippen LogP) is 1.42. The van der Waals surface area contributed by atoms with Crippen LogP contribution in [0.1, 0.15) is 0 Å². The van der Waals surface area contributed by atoms with Crippen LogP contribution in [0, 0.1) is 10.1 Å². The van der Waals surface area contributed by atoms with E-state index in [1.807, 2.05) is 0 Å². The summed E-state index contributed by atoms with van der Waals surface area (Å²) in [5, 5.41) is 10.5. The van der Waals surface area contributed by atoms with E-state index >= 15 is 0 Å². The summed E-state index contributed by atoms with van der Waals surface area (Å²) in [6.45, 7) is 0. The molecule has 2 aromatic rings. The molecule has 90 valence electrons. The van der Waals surface area contributed by atoms with Crippen LogP contribution in [0.5, 0.6) is 0 Å². The second kappa shape index (κ2) is 3.91. The summed E-state index contributed by atoms with van der Waals surface area (Å²) < 4.78 is 31.9. The summed E-state index contributed by atoms with van der Waals surface area (Å²) in [5.41, 5.74) is 0.298. The summed E-state index contributed by atoms with van der Waals surface area (Å²) in [4.78, 5) is 13.8. The number of hydrogen-bond donors (Lipinski definition) is 2. The fourth-order valence-electron chi connectivity index (χ4n) is 1.18. The van der Waals surface area contributed by atoms with Crippen LogP contribution in [0.15, 0.2) is 18.2 Å². The van der Waals surface area contributed by atoms with Gasteiger partial charge in [0.1, 0.15) is 0 Å². The molecule has 0 fully saturated rings. The molecule has 0 amide bonds. The van der Waals surface area contributed by atoms with E-state index in [4.69, 9.17) is 4.55 Å². The molecule has 0 saturated heterocycles. The van der Waals surface area contributed by atoms with Gasteiger partial charge in [-0.2, -0.15) is 8.42 Å². The molecule has 0 spiro atoms. The molecule has 2 N–H and O–H groups in total. The van der Waals surface area contributed by atoms with Crippen molar-refractivity contribution in [3.63, 3.8) is 0 Å². The van der Waals surface area contributed by atoms with Crippen molar-refractivity contribution in [2.75, 3.05) is 4.72 Å². The molecule has 0 unspecified atom stereocenters. The first-order chi connectivity index (χ1) is 7.85. The summed E-state index contributed by atoms with van der Waals surface area (Å²) in [6, 6.07) is 3.95. The monoisotopic (exact) mass is 275 g/mol. The average Bonchev–Trinajstić information content (AvgIpc) is 2.54. The molecule has 17 heavy (non-hydrogen) atoms. The molecule has 0 aliphatic carbocycles. The number of benzene rings is 1. The van der Waals surface area contributed by atoms with Gasteiger partial charge in [-0.1, -0.05) is 11.3 Å². The quantitative estimate of drug-likeness (QED) is 0.496. The molecule has 0 aliphatic rings. The van der Waals surface area contributed by atoms with Crippen molar-refractivity contribution in [3.05, 3.63) is 28.3 Å². The molecule has 0 atom stereocenters. The number of nitro groups is 1. The Morgan fingerprint density at radius 3 is 2.76 bits per heavy atom. The molecule has 0 bridgehead atoms. The van der Waals surface area contributed by atoms with E-state index in [1.165, 1.54) is 18.2 Å². The summed E-state index contributed by atoms with van der Waals surface area (Å²) in [6.07, 6.45) is 0. The normalized spacial score (nSPS) is 11.6. The smallest absolute Gasteiger partial charge is 0.269 e. The van der Waals surface area contributed by atoms with Crippen LogP contribution in [0.25, 0.3) is 10.2 Å². The van der Waals surface area contributed by atoms with Gasteiger partial charge in [-0.05, 0) is 6.07 Å². The Hall–Kier alpha value is -1.78. The minimum absolute atomic E-state index is 0.0528. The first kappa shape index (κ1) is 11.7. The Morgan fingerprint density at radius 2 is 2.18 bits per heavy atom. The second-order valence-corrected chi connectivity index (χ2v) is 5.19. The predicted molar refractivity (Wildman–Crippen MR) is 61.4 cm³/mol. The standard InChI is InChI=1S/C7H5N3O5S2/c11-10(12)4-1-2-5-6(3-4)16-7(8-5)9-17(13,14)15/h1-3H,(H,8,9)(H,13,14,15). The average molecular weight is 275 g/mol. The third-order valence-electron chi connectivity index (χ3n) is 1.80. The molecule has 0 radical (unpaired) electrons. The van der Waals surface area contributed by atoms with Gasteiger partial charge >= 0.3 is 10.3 Å². The zero-order valence-electron chi connectivity index (χ0n) is 8.02. The van der Waals surface area contributed by atoms with Crippen molar-refractivity contribution in [3.8, 4) is 0 Å². The number of fused-ring (bicyclic) bond motifs is 1. The summed E-state index contributed by atoms with van der Waals surface area (Å²) in [5.74, 6) is 0. The van der Waals surface area contributed by atoms with Gasteiger partial charge in [-0.3, -0.25) is 14.7 Å². The molecular formula is C7H5N3O5S2. The van der Waals surface area contributed by atoms with Crippen molar-refractivity contribution in [1.82, 2.24) is 4.98 Å². The summed E-state index contributed by atoms with van der Waals surface area (Å²) in [7, 11) is -4.39. The fourth-order valence-corrected chi connectivity index (χ4v) is 2.68. The maximum absolute atomic E-state index is 10.6. The van der Waals surface area contributed by atoms with E-state index in [1.54, 1.807) is 4.72 Å². The molecule has 10 heteroatoms. The van der Waals surface area contributed by atoms with Crippen LogP contribution in [0.3, 0.4) is 0 Å². The zero-order valence-corrected chi connectivity index (χ0v) is 9.66. The van der Waals surface area contributed by atoms with Gasteiger partial charge in [0.25, 0.3) is 5.69 Å². The van der Waals surface area contributed by atoms with Crippen LogP contribution in [-0.4, -0.2) is 22.9 Å². The van der Waals surface area contributed by atoms with Gasteiger partial charge < -0.3 is 0 Å². The maximum Gasteiger partial charge on any atom is 0.359 e. The number of thiazole rings is 1. The van der Waals surface area contributed by atoms with E-state index in [2.05, 4.69) is 4.98 Å². The largest absolute Gasteiger partial charge is 0.359 e. The maximum atomic E-state index is 10.6. The van der Waals surface area contributed by atoms with Crippen LogP contribution in [-0.2, 0) is 10.3 Å². The molecule has 1 aromatic carbocycles. The molecule has 2 rings (SSSR count). The molecule has 8 nitrogen and oxygen atoms in total. The van der Waals surface area contributed by atoms with Gasteiger partial charge in [0.15, 0.2) is 5.13 Å². The Morgan fingerprint density at radius 1 is 1.47 bits per heavy atom. The lowest BCUT2D eigenvalue weighted by atomic mass is 10.3. The summed E-state index contributed by atoms with van der Waals surface area (Å²) >= 11 is 0.890. The van der Waals surface area contributed by atoms with E-state index in [0.717, 1.165) is 11.3 Å². The molecular weight excluding hydrogens is 270 g/mol. The van der Waals surface area contributed by atoms with Gasteiger partial charge in [0.2, 0.25) is 0 Å². The van der Waals surface area contributed by atoms with Crippen LogP contribution >= 0.6 is 11.3 Å². The number of anilines is 1. The minimum atomic E-state index is -4.39. The Labute approximate surface area is 98.9 Å². The third kappa shape index (κ3) is 2.67. The molecule has 1 aromatic heterocycles. The zero-order chi connectivity index (χ0) is 12.6. The lowest BCUT2D eigenvalue weighted by Crippen LogP contribution is -2.09. The number of nitro benzene ring substituents is 1. The van der Waals surface area contributed by atoms with E-state index < -0.39 is 15.2 Å². The van der Waals surface area contributed by atoms with Crippen LogP contribution in [0.4, 0.5) is 10.8 Å². The van der Waals surface area contributed by atoms with Gasteiger partial charge in [-0.25, -0.2) is 9.71 Å². The first-order valence-corrected chi connectivity index (χ1v) is 6.41. The number of nitrogens with one attached hydrogen (secondary N) is 1. The SMILES string of the molecule is O=[N+]([O-])c1ccc2nc(NS(=O)(=O)O)sc2c1. The van der Waals surface area contributed by atoms with E-state index in [0.29, 0.717) is 10.2 Å². The highest BCUT2D eigenvalue weighted by Crippen LogP contribution is 2.29. The van der Waals surface area contributed by atoms with Crippen molar-refractivity contribution >= 4 is 42.7 Å². The molecule has 0 saturated carbocycles. The third-order valence-corrected chi connectivity index (χ3v) is 3.31. The van der Waals surface area contributed by atoms with Crippen molar-refractivity contribution in [2.45, 2.75) is 0 Å². The lowest BCUT2D eigenvalue weighted by Gasteiger charge is -1.93. The number of nitrogens with zero attached hydrogens (tertiary/aromatic N) is 2. The highest BCUT2D eigenvalue weighted by Gasteiger charge is 2.12. The second-order valence-electron chi connectivity index (χ2n) is 3.01. The Kier molecular flexibility index (Phi) is 2.69. The van der Waals surface area contributed by atoms with E-state index in [9.17, 15) is 18.5 Å². The Bertz CT molecular complexity index is 693. The van der Waals surface area contributed by atoms with Crippen molar-refractivity contribution in [1.29, 1.82) is 0 Å². The number of aromatic nitrogens is 1. The van der Waals surface area contributed by atoms with Crippen molar-refractivity contribution < 1.29 is 17.9 Å². The van der Waals surface area contributed by atoms with Gasteiger partial charge in [0, 0.05) is 12.1 Å². The van der Waals surface area contributed by atoms with E-state index in [-0.39, 0.29) is 10.8 Å². The lowest BCUT2D eigenvalue weighted by molar-refractivity contribution is -0.384. The molecule has 1 heterocycles. The first-order valence-electron chi connectivity index (χ1n) is 4.15. The number of hydrogen-bond acceptors (Lipinski definition) is 6. The Balaban J connectivity index is 2.47. The fraction of sp³-hybridized carbons (Fsp3) is 0. The molecule has 0 aliphatic heterocycles. The van der Waals surface area contributed by atoms with Gasteiger partial charge in [-0.15, -0.1) is 0 Å². The number of non-ortho nitro benzene ring substituents is 1.